The molecule has 0 N–H and O–H groups in total. The van der Waals surface area contributed by atoms with Crippen molar-refractivity contribution in [1.29, 1.82) is 10.5 Å². The lowest BCUT2D eigenvalue weighted by molar-refractivity contribution is -0.380. The van der Waals surface area contributed by atoms with Crippen LogP contribution in [0.5, 0.6) is 0 Å². The van der Waals surface area contributed by atoms with Crippen molar-refractivity contribution >= 4 is 22.4 Å². The molecule has 0 bridgehead atoms. The number of hydrogen-bond acceptors (Lipinski definition) is 5. The fourth-order valence-electron chi connectivity index (χ4n) is 0.767. The quantitative estimate of drug-likeness (QED) is 0.420. The van der Waals surface area contributed by atoms with Crippen molar-refractivity contribution in [2.45, 2.75) is 0 Å². The van der Waals surface area contributed by atoms with E-state index >= 15 is 0 Å². The highest BCUT2D eigenvalue weighted by atomic mass is 32.1. The van der Waals surface area contributed by atoms with Crippen LogP contribution in [0.2, 0.25) is 0 Å². The van der Waals surface area contributed by atoms with Gasteiger partial charge in [-0.3, -0.25) is 10.1 Å². The first-order chi connectivity index (χ1) is 6.67. The van der Waals surface area contributed by atoms with Crippen LogP contribution in [0.15, 0.2) is 17.0 Å². The Morgan fingerprint density at radius 3 is 2.64 bits per heavy atom. The van der Waals surface area contributed by atoms with Crippen LogP contribution in [0.3, 0.4) is 0 Å². The van der Waals surface area contributed by atoms with Crippen molar-refractivity contribution in [2.24, 2.45) is 0 Å². The van der Waals surface area contributed by atoms with Gasteiger partial charge in [0.05, 0.1) is 4.92 Å². The van der Waals surface area contributed by atoms with Gasteiger partial charge in [-0.05, 0) is 11.6 Å². The zero-order chi connectivity index (χ0) is 10.6. The second-order valence-electron chi connectivity index (χ2n) is 2.26. The number of nitro groups is 1. The third-order valence-corrected chi connectivity index (χ3v) is 2.24. The summed E-state index contributed by atoms with van der Waals surface area (Å²) in [5.74, 6) is 0. The van der Waals surface area contributed by atoms with Gasteiger partial charge in [-0.25, -0.2) is 0 Å². The highest BCUT2D eigenvalue weighted by molar-refractivity contribution is 7.13. The average molecular weight is 205 g/mol. The molecule has 6 heteroatoms. The molecule has 0 saturated carbocycles. The summed E-state index contributed by atoms with van der Waals surface area (Å²) < 4.78 is 0. The molecular weight excluding hydrogens is 202 g/mol. The van der Waals surface area contributed by atoms with E-state index < -0.39 is 4.92 Å². The van der Waals surface area contributed by atoms with Gasteiger partial charge in [0.2, 0.25) is 0 Å². The third kappa shape index (κ3) is 2.16. The Labute approximate surface area is 83.3 Å². The summed E-state index contributed by atoms with van der Waals surface area (Å²) in [6.45, 7) is 0. The van der Waals surface area contributed by atoms with E-state index in [2.05, 4.69) is 0 Å². The summed E-state index contributed by atoms with van der Waals surface area (Å²) in [5, 5.41) is 28.7. The molecule has 0 aliphatic carbocycles. The molecule has 14 heavy (non-hydrogen) atoms. The average Bonchev–Trinajstić information content (AvgIpc) is 2.62. The van der Waals surface area contributed by atoms with Gasteiger partial charge in [-0.1, -0.05) is 11.3 Å². The van der Waals surface area contributed by atoms with Crippen molar-refractivity contribution in [3.8, 4) is 12.1 Å². The van der Waals surface area contributed by atoms with E-state index in [-0.39, 0.29) is 10.6 Å². The highest BCUT2D eigenvalue weighted by Gasteiger charge is 2.08. The molecule has 5 nitrogen and oxygen atoms in total. The van der Waals surface area contributed by atoms with Gasteiger partial charge in [0.1, 0.15) is 17.7 Å². The number of allylic oxidation sites excluding steroid dienone is 1. The Morgan fingerprint density at radius 2 is 2.21 bits per heavy atom. The van der Waals surface area contributed by atoms with Crippen molar-refractivity contribution < 1.29 is 4.92 Å². The molecule has 0 atom stereocenters. The number of thiophene rings is 1. The summed E-state index contributed by atoms with van der Waals surface area (Å²) in [6, 6.07) is 4.67. The summed E-state index contributed by atoms with van der Waals surface area (Å²) in [7, 11) is 0. The van der Waals surface area contributed by atoms with E-state index in [1.807, 2.05) is 0 Å². The molecule has 1 rings (SSSR count). The standard InChI is InChI=1S/C8H3N3O2S/c9-3-7(4-10)1-6-2-8(11(12)13)14-5-6/h1-2,5H. The Kier molecular flexibility index (Phi) is 2.95. The van der Waals surface area contributed by atoms with Crippen molar-refractivity contribution in [1.82, 2.24) is 0 Å². The molecule has 0 aliphatic heterocycles. The van der Waals surface area contributed by atoms with Gasteiger partial charge in [0.15, 0.2) is 0 Å². The van der Waals surface area contributed by atoms with E-state index in [9.17, 15) is 10.1 Å². The van der Waals surface area contributed by atoms with E-state index in [0.717, 1.165) is 11.3 Å². The van der Waals surface area contributed by atoms with Crippen LogP contribution in [0.25, 0.3) is 6.08 Å². The van der Waals surface area contributed by atoms with Gasteiger partial charge in [-0.2, -0.15) is 10.5 Å². The van der Waals surface area contributed by atoms with Crippen LogP contribution >= 0.6 is 11.3 Å². The topological polar surface area (TPSA) is 90.7 Å². The summed E-state index contributed by atoms with van der Waals surface area (Å²) in [6.07, 6.45) is 1.31. The highest BCUT2D eigenvalue weighted by Crippen LogP contribution is 2.23. The molecule has 0 saturated heterocycles. The molecule has 1 heterocycles. The lowest BCUT2D eigenvalue weighted by Crippen LogP contribution is -1.81. The zero-order valence-electron chi connectivity index (χ0n) is 6.80. The molecule has 0 spiro atoms. The van der Waals surface area contributed by atoms with E-state index in [0.29, 0.717) is 5.56 Å². The first kappa shape index (κ1) is 9.90. The Hall–Kier alpha value is -2.18. The Morgan fingerprint density at radius 1 is 1.57 bits per heavy atom. The van der Waals surface area contributed by atoms with Crippen LogP contribution in [0, 0.1) is 32.8 Å². The van der Waals surface area contributed by atoms with Crippen LogP contribution in [0.4, 0.5) is 5.00 Å². The lowest BCUT2D eigenvalue weighted by atomic mass is 10.2. The maximum atomic E-state index is 10.3. The van der Waals surface area contributed by atoms with Crippen molar-refractivity contribution in [2.75, 3.05) is 0 Å². The molecular formula is C8H3N3O2S. The van der Waals surface area contributed by atoms with E-state index in [1.165, 1.54) is 17.5 Å². The first-order valence-corrected chi connectivity index (χ1v) is 4.30. The molecule has 0 amide bonds. The predicted molar refractivity (Wildman–Crippen MR) is 50.2 cm³/mol. The van der Waals surface area contributed by atoms with Crippen LogP contribution in [-0.4, -0.2) is 4.92 Å². The maximum Gasteiger partial charge on any atom is 0.324 e. The van der Waals surface area contributed by atoms with Crippen LogP contribution in [0.1, 0.15) is 5.56 Å². The van der Waals surface area contributed by atoms with Crippen molar-refractivity contribution in [3.05, 3.63) is 32.7 Å². The normalized spacial score (nSPS) is 8.43. The molecule has 0 radical (unpaired) electrons. The monoisotopic (exact) mass is 205 g/mol. The van der Waals surface area contributed by atoms with Gasteiger partial charge >= 0.3 is 5.00 Å². The minimum absolute atomic E-state index is 0.00789. The minimum Gasteiger partial charge on any atom is -0.258 e. The van der Waals surface area contributed by atoms with Gasteiger partial charge in [0.25, 0.3) is 0 Å². The molecule has 0 unspecified atom stereocenters. The fourth-order valence-corrected chi connectivity index (χ4v) is 1.45. The van der Waals surface area contributed by atoms with Gasteiger partial charge < -0.3 is 0 Å². The van der Waals surface area contributed by atoms with Crippen molar-refractivity contribution in [3.63, 3.8) is 0 Å². The van der Waals surface area contributed by atoms with Gasteiger partial charge in [0, 0.05) is 11.4 Å². The van der Waals surface area contributed by atoms with Crippen LogP contribution < -0.4 is 0 Å². The second-order valence-corrected chi connectivity index (χ2v) is 3.15. The third-order valence-electron chi connectivity index (χ3n) is 1.34. The molecule has 1 aromatic heterocycles. The first-order valence-electron chi connectivity index (χ1n) is 3.42. The SMILES string of the molecule is N#CC(C#N)=Cc1csc([N+](=O)[O-])c1. The number of hydrogen-bond donors (Lipinski definition) is 0. The summed E-state index contributed by atoms with van der Waals surface area (Å²) in [4.78, 5) is 9.79. The molecule has 0 aromatic carbocycles. The fraction of sp³-hybridized carbons (Fsp3) is 0. The summed E-state index contributed by atoms with van der Waals surface area (Å²) in [5.41, 5.74) is 0.428. The second kappa shape index (κ2) is 4.17. The van der Waals surface area contributed by atoms with E-state index in [4.69, 9.17) is 10.5 Å². The van der Waals surface area contributed by atoms with E-state index in [1.54, 1.807) is 12.1 Å². The Bertz CT molecular complexity index is 460. The largest absolute Gasteiger partial charge is 0.324 e. The predicted octanol–water partition coefficient (Wildman–Crippen LogP) is 2.09. The lowest BCUT2D eigenvalue weighted by Gasteiger charge is -1.81. The maximum absolute atomic E-state index is 10.3. The minimum atomic E-state index is -0.513. The number of rotatable bonds is 2. The summed E-state index contributed by atoms with van der Waals surface area (Å²) >= 11 is 0.958. The van der Waals surface area contributed by atoms with Gasteiger partial charge in [-0.15, -0.1) is 0 Å². The molecule has 0 aliphatic rings. The van der Waals surface area contributed by atoms with Crippen LogP contribution in [-0.2, 0) is 0 Å². The smallest absolute Gasteiger partial charge is 0.258 e. The zero-order valence-corrected chi connectivity index (χ0v) is 7.61. The molecule has 0 fully saturated rings. The molecule has 68 valence electrons. The Balaban J connectivity index is 3.01. The molecule has 1 aromatic rings. The number of nitriles is 2. The number of nitrogens with zero attached hydrogens (tertiary/aromatic N) is 3.